The minimum atomic E-state index is -0.252. The maximum absolute atomic E-state index is 9.25. The number of hydrogen-bond acceptors (Lipinski definition) is 3. The molecule has 3 nitrogen and oxygen atoms in total. The molecule has 0 aromatic carbocycles. The van der Waals surface area contributed by atoms with Gasteiger partial charge in [0.2, 0.25) is 0 Å². The first-order valence-electron chi connectivity index (χ1n) is 5.23. The summed E-state index contributed by atoms with van der Waals surface area (Å²) >= 11 is 0. The van der Waals surface area contributed by atoms with Gasteiger partial charge in [-0.1, -0.05) is 6.42 Å². The average molecular weight is 187 g/mol. The molecule has 1 aliphatic heterocycles. The predicted octanol–water partition coefficient (Wildman–Crippen LogP) is 0.462. The SMILES string of the molecule is C[C@H](O)CN1CCCCC(CO)C1. The van der Waals surface area contributed by atoms with E-state index in [0.717, 1.165) is 26.1 Å². The molecule has 13 heavy (non-hydrogen) atoms. The monoisotopic (exact) mass is 187 g/mol. The van der Waals surface area contributed by atoms with Gasteiger partial charge in [-0.15, -0.1) is 0 Å². The zero-order chi connectivity index (χ0) is 9.68. The normalized spacial score (nSPS) is 28.4. The summed E-state index contributed by atoms with van der Waals surface area (Å²) in [7, 11) is 0. The van der Waals surface area contributed by atoms with Gasteiger partial charge < -0.3 is 15.1 Å². The van der Waals surface area contributed by atoms with Gasteiger partial charge in [-0.2, -0.15) is 0 Å². The molecule has 1 aliphatic rings. The lowest BCUT2D eigenvalue weighted by Crippen LogP contribution is -2.35. The van der Waals surface area contributed by atoms with E-state index in [1.807, 2.05) is 6.92 Å². The fourth-order valence-corrected chi connectivity index (χ4v) is 2.00. The van der Waals surface area contributed by atoms with Crippen molar-refractivity contribution in [3.8, 4) is 0 Å². The third kappa shape index (κ3) is 4.07. The Kier molecular flexibility index (Phi) is 4.70. The Labute approximate surface area is 80.4 Å². The molecule has 3 heteroatoms. The molecule has 1 fully saturated rings. The predicted molar refractivity (Wildman–Crippen MR) is 52.5 cm³/mol. The van der Waals surface area contributed by atoms with E-state index in [-0.39, 0.29) is 12.7 Å². The molecular formula is C10H21NO2. The van der Waals surface area contributed by atoms with Gasteiger partial charge in [-0.05, 0) is 32.2 Å². The number of β-amino-alcohol motifs (C(OH)–C–C–N with tert-alkyl or cyclic N) is 1. The van der Waals surface area contributed by atoms with E-state index in [4.69, 9.17) is 5.11 Å². The molecule has 1 rings (SSSR count). The molecule has 0 spiro atoms. The van der Waals surface area contributed by atoms with E-state index in [2.05, 4.69) is 4.90 Å². The molecule has 0 aromatic heterocycles. The fourth-order valence-electron chi connectivity index (χ4n) is 2.00. The first-order chi connectivity index (χ1) is 6.22. The van der Waals surface area contributed by atoms with E-state index < -0.39 is 0 Å². The third-order valence-corrected chi connectivity index (χ3v) is 2.63. The van der Waals surface area contributed by atoms with Crippen LogP contribution in [0.2, 0.25) is 0 Å². The molecule has 1 saturated heterocycles. The van der Waals surface area contributed by atoms with Gasteiger partial charge in [0.05, 0.1) is 6.10 Å². The van der Waals surface area contributed by atoms with Crippen LogP contribution in [0, 0.1) is 5.92 Å². The van der Waals surface area contributed by atoms with Crippen LogP contribution < -0.4 is 0 Å². The van der Waals surface area contributed by atoms with E-state index in [0.29, 0.717) is 5.92 Å². The Balaban J connectivity index is 2.35. The Hall–Kier alpha value is -0.120. The van der Waals surface area contributed by atoms with Crippen LogP contribution >= 0.6 is 0 Å². The highest BCUT2D eigenvalue weighted by Crippen LogP contribution is 2.15. The van der Waals surface area contributed by atoms with Crippen molar-refractivity contribution in [1.29, 1.82) is 0 Å². The molecular weight excluding hydrogens is 166 g/mol. The van der Waals surface area contributed by atoms with Crippen LogP contribution in [-0.4, -0.2) is 47.5 Å². The van der Waals surface area contributed by atoms with Crippen molar-refractivity contribution in [2.45, 2.75) is 32.3 Å². The van der Waals surface area contributed by atoms with Crippen LogP contribution in [0.15, 0.2) is 0 Å². The summed E-state index contributed by atoms with van der Waals surface area (Å²) in [6, 6.07) is 0. The van der Waals surface area contributed by atoms with E-state index in [1.165, 1.54) is 12.8 Å². The van der Waals surface area contributed by atoms with Crippen molar-refractivity contribution in [2.75, 3.05) is 26.2 Å². The Morgan fingerprint density at radius 2 is 2.23 bits per heavy atom. The minimum Gasteiger partial charge on any atom is -0.396 e. The summed E-state index contributed by atoms with van der Waals surface area (Å²) < 4.78 is 0. The van der Waals surface area contributed by atoms with Gasteiger partial charge in [0.25, 0.3) is 0 Å². The molecule has 0 saturated carbocycles. The molecule has 0 amide bonds. The van der Waals surface area contributed by atoms with Gasteiger partial charge in [-0.25, -0.2) is 0 Å². The standard InChI is InChI=1S/C10H21NO2/c1-9(13)6-11-5-3-2-4-10(7-11)8-12/h9-10,12-13H,2-8H2,1H3/t9-,10?/m0/s1. The molecule has 78 valence electrons. The lowest BCUT2D eigenvalue weighted by Gasteiger charge is -2.24. The smallest absolute Gasteiger partial charge is 0.0639 e. The molecule has 1 unspecified atom stereocenters. The zero-order valence-corrected chi connectivity index (χ0v) is 8.45. The van der Waals surface area contributed by atoms with Crippen LogP contribution in [0.3, 0.4) is 0 Å². The Bertz CT molecular complexity index is 139. The third-order valence-electron chi connectivity index (χ3n) is 2.63. The van der Waals surface area contributed by atoms with Crippen LogP contribution in [-0.2, 0) is 0 Å². The van der Waals surface area contributed by atoms with Crippen LogP contribution in [0.25, 0.3) is 0 Å². The lowest BCUT2D eigenvalue weighted by molar-refractivity contribution is 0.108. The lowest BCUT2D eigenvalue weighted by atomic mass is 10.1. The van der Waals surface area contributed by atoms with Crippen molar-refractivity contribution < 1.29 is 10.2 Å². The van der Waals surface area contributed by atoms with Crippen molar-refractivity contribution in [2.24, 2.45) is 5.92 Å². The van der Waals surface area contributed by atoms with E-state index in [1.54, 1.807) is 0 Å². The van der Waals surface area contributed by atoms with Crippen molar-refractivity contribution in [1.82, 2.24) is 4.90 Å². The van der Waals surface area contributed by atoms with Crippen molar-refractivity contribution >= 4 is 0 Å². The van der Waals surface area contributed by atoms with Gasteiger partial charge in [0, 0.05) is 19.7 Å². The Morgan fingerprint density at radius 1 is 1.46 bits per heavy atom. The minimum absolute atomic E-state index is 0.252. The Morgan fingerprint density at radius 3 is 2.85 bits per heavy atom. The topological polar surface area (TPSA) is 43.7 Å². The zero-order valence-electron chi connectivity index (χ0n) is 8.45. The number of aliphatic hydroxyl groups is 2. The first-order valence-corrected chi connectivity index (χ1v) is 5.23. The quantitative estimate of drug-likeness (QED) is 0.674. The molecule has 0 aliphatic carbocycles. The second-order valence-corrected chi connectivity index (χ2v) is 4.15. The largest absolute Gasteiger partial charge is 0.396 e. The van der Waals surface area contributed by atoms with Crippen molar-refractivity contribution in [3.63, 3.8) is 0 Å². The summed E-state index contributed by atoms with van der Waals surface area (Å²) in [5.74, 6) is 0.418. The average Bonchev–Trinajstić information content (AvgIpc) is 2.28. The maximum atomic E-state index is 9.25. The number of rotatable bonds is 3. The number of aliphatic hydroxyl groups excluding tert-OH is 2. The number of nitrogens with zero attached hydrogens (tertiary/aromatic N) is 1. The highest BCUT2D eigenvalue weighted by molar-refractivity contribution is 4.71. The van der Waals surface area contributed by atoms with Gasteiger partial charge in [0.1, 0.15) is 0 Å². The molecule has 2 atom stereocenters. The van der Waals surface area contributed by atoms with Crippen molar-refractivity contribution in [3.05, 3.63) is 0 Å². The molecule has 0 aromatic rings. The maximum Gasteiger partial charge on any atom is 0.0639 e. The van der Waals surface area contributed by atoms with Gasteiger partial charge >= 0.3 is 0 Å². The molecule has 1 heterocycles. The fraction of sp³-hybridized carbons (Fsp3) is 1.00. The molecule has 0 bridgehead atoms. The van der Waals surface area contributed by atoms with Gasteiger partial charge in [0.15, 0.2) is 0 Å². The van der Waals surface area contributed by atoms with E-state index >= 15 is 0 Å². The summed E-state index contributed by atoms with van der Waals surface area (Å²) in [6.45, 7) is 4.87. The van der Waals surface area contributed by atoms with Crippen LogP contribution in [0.5, 0.6) is 0 Å². The summed E-state index contributed by atoms with van der Waals surface area (Å²) in [5, 5.41) is 18.3. The van der Waals surface area contributed by atoms with Crippen LogP contribution in [0.1, 0.15) is 26.2 Å². The number of hydrogen-bond donors (Lipinski definition) is 2. The number of likely N-dealkylation sites (tertiary alicyclic amines) is 1. The van der Waals surface area contributed by atoms with Crippen LogP contribution in [0.4, 0.5) is 0 Å². The highest BCUT2D eigenvalue weighted by Gasteiger charge is 2.17. The second kappa shape index (κ2) is 5.58. The summed E-state index contributed by atoms with van der Waals surface area (Å²) in [5.41, 5.74) is 0. The molecule has 2 N–H and O–H groups in total. The summed E-state index contributed by atoms with van der Waals surface area (Å²) in [4.78, 5) is 2.26. The molecule has 0 radical (unpaired) electrons. The summed E-state index contributed by atoms with van der Waals surface area (Å²) in [6.07, 6.45) is 3.29. The van der Waals surface area contributed by atoms with E-state index in [9.17, 15) is 5.11 Å². The first kappa shape index (κ1) is 11.0. The highest BCUT2D eigenvalue weighted by atomic mass is 16.3. The second-order valence-electron chi connectivity index (χ2n) is 4.15. The van der Waals surface area contributed by atoms with Gasteiger partial charge in [-0.3, -0.25) is 0 Å².